The van der Waals surface area contributed by atoms with Crippen LogP contribution >= 0.6 is 0 Å². The van der Waals surface area contributed by atoms with Gasteiger partial charge in [0, 0.05) is 6.42 Å². The van der Waals surface area contributed by atoms with Crippen LogP contribution in [0.25, 0.3) is 11.1 Å². The third kappa shape index (κ3) is 5.41. The van der Waals surface area contributed by atoms with Crippen molar-refractivity contribution in [2.24, 2.45) is 0 Å². The fourth-order valence-corrected chi connectivity index (χ4v) is 3.10. The maximum absolute atomic E-state index is 13.3. The first-order valence-corrected chi connectivity index (χ1v) is 9.52. The van der Waals surface area contributed by atoms with E-state index in [2.05, 4.69) is 0 Å². The van der Waals surface area contributed by atoms with Crippen LogP contribution in [0.2, 0.25) is 0 Å². The van der Waals surface area contributed by atoms with Gasteiger partial charge in [-0.3, -0.25) is 0 Å². The lowest BCUT2D eigenvalue weighted by atomic mass is 9.99. The van der Waals surface area contributed by atoms with Crippen molar-refractivity contribution in [3.05, 3.63) is 90.0 Å². The standard InChI is InChI=1S/C24H21F3O3/c1-2-29-23(28)22(16-17-8-4-3-5-9-17)30-19-14-12-18(13-15-19)20-10-6-7-11-21(20)24(25,26)27/h3-15,22H,2,16H2,1H3/t22-/m0/s1. The van der Waals surface area contributed by atoms with Crippen LogP contribution in [0.3, 0.4) is 0 Å². The zero-order valence-electron chi connectivity index (χ0n) is 16.4. The van der Waals surface area contributed by atoms with E-state index in [4.69, 9.17) is 9.47 Å². The Balaban J connectivity index is 1.81. The molecule has 0 aliphatic heterocycles. The van der Waals surface area contributed by atoms with Gasteiger partial charge < -0.3 is 9.47 Å². The summed E-state index contributed by atoms with van der Waals surface area (Å²) >= 11 is 0. The van der Waals surface area contributed by atoms with E-state index in [9.17, 15) is 18.0 Å². The highest BCUT2D eigenvalue weighted by Crippen LogP contribution is 2.37. The Hall–Kier alpha value is -3.28. The highest BCUT2D eigenvalue weighted by atomic mass is 19.4. The van der Waals surface area contributed by atoms with Gasteiger partial charge in [-0.1, -0.05) is 60.7 Å². The highest BCUT2D eigenvalue weighted by molar-refractivity contribution is 5.75. The van der Waals surface area contributed by atoms with Crippen LogP contribution in [0.5, 0.6) is 5.75 Å². The molecule has 0 aliphatic rings. The van der Waals surface area contributed by atoms with Crippen LogP contribution in [-0.4, -0.2) is 18.7 Å². The summed E-state index contributed by atoms with van der Waals surface area (Å²) in [5.41, 5.74) is 0.701. The molecular weight excluding hydrogens is 393 g/mol. The Labute approximate surface area is 173 Å². The molecule has 6 heteroatoms. The third-order valence-electron chi connectivity index (χ3n) is 4.49. The van der Waals surface area contributed by atoms with Crippen molar-refractivity contribution >= 4 is 5.97 Å². The molecule has 0 saturated heterocycles. The summed E-state index contributed by atoms with van der Waals surface area (Å²) in [5.74, 6) is -0.120. The third-order valence-corrected chi connectivity index (χ3v) is 4.49. The van der Waals surface area contributed by atoms with Crippen LogP contribution in [0.4, 0.5) is 13.2 Å². The fraction of sp³-hybridized carbons (Fsp3) is 0.208. The number of hydrogen-bond donors (Lipinski definition) is 0. The SMILES string of the molecule is CCOC(=O)[C@H](Cc1ccccc1)Oc1ccc(-c2ccccc2C(F)(F)F)cc1. The minimum absolute atomic E-state index is 0.0859. The normalized spacial score (nSPS) is 12.3. The average Bonchev–Trinajstić information content (AvgIpc) is 2.74. The molecule has 30 heavy (non-hydrogen) atoms. The summed E-state index contributed by atoms with van der Waals surface area (Å²) in [5, 5.41) is 0. The second-order valence-electron chi connectivity index (χ2n) is 6.62. The predicted octanol–water partition coefficient (Wildman–Crippen LogP) is 5.93. The molecule has 0 spiro atoms. The first-order valence-electron chi connectivity index (χ1n) is 9.52. The van der Waals surface area contributed by atoms with Crippen molar-refractivity contribution in [1.29, 1.82) is 0 Å². The number of alkyl halides is 3. The maximum Gasteiger partial charge on any atom is 0.417 e. The van der Waals surface area contributed by atoms with Crippen molar-refractivity contribution < 1.29 is 27.4 Å². The smallest absolute Gasteiger partial charge is 0.417 e. The van der Waals surface area contributed by atoms with E-state index in [1.165, 1.54) is 12.1 Å². The molecule has 0 aromatic heterocycles. The summed E-state index contributed by atoms with van der Waals surface area (Å²) in [7, 11) is 0. The van der Waals surface area contributed by atoms with Gasteiger partial charge in [-0.15, -0.1) is 0 Å². The molecule has 0 amide bonds. The first kappa shape index (κ1) is 21.4. The lowest BCUT2D eigenvalue weighted by Crippen LogP contribution is -2.31. The number of halogens is 3. The summed E-state index contributed by atoms with van der Waals surface area (Å²) in [4.78, 5) is 12.3. The van der Waals surface area contributed by atoms with E-state index in [1.807, 2.05) is 30.3 Å². The van der Waals surface area contributed by atoms with E-state index < -0.39 is 23.8 Å². The van der Waals surface area contributed by atoms with Gasteiger partial charge >= 0.3 is 12.1 Å². The van der Waals surface area contributed by atoms with E-state index >= 15 is 0 Å². The topological polar surface area (TPSA) is 35.5 Å². The highest BCUT2D eigenvalue weighted by Gasteiger charge is 2.33. The molecule has 156 valence electrons. The van der Waals surface area contributed by atoms with Gasteiger partial charge in [-0.25, -0.2) is 4.79 Å². The van der Waals surface area contributed by atoms with Crippen molar-refractivity contribution in [2.75, 3.05) is 6.61 Å². The molecule has 1 atom stereocenters. The molecule has 3 rings (SSSR count). The number of hydrogen-bond acceptors (Lipinski definition) is 3. The Morgan fingerprint density at radius 3 is 2.17 bits per heavy atom. The first-order chi connectivity index (χ1) is 14.4. The maximum atomic E-state index is 13.3. The van der Waals surface area contributed by atoms with Crippen LogP contribution in [0, 0.1) is 0 Å². The van der Waals surface area contributed by atoms with Crippen LogP contribution in [0.15, 0.2) is 78.9 Å². The van der Waals surface area contributed by atoms with Crippen LogP contribution < -0.4 is 4.74 Å². The molecule has 0 radical (unpaired) electrons. The van der Waals surface area contributed by atoms with Crippen molar-refractivity contribution in [1.82, 2.24) is 0 Å². The number of carbonyl (C=O) groups excluding carboxylic acids is 1. The summed E-state index contributed by atoms with van der Waals surface area (Å²) in [6.07, 6.45) is -4.99. The van der Waals surface area contributed by atoms with Gasteiger partial charge in [0.2, 0.25) is 0 Å². The summed E-state index contributed by atoms with van der Waals surface area (Å²) in [6, 6.07) is 21.0. The van der Waals surface area contributed by atoms with Crippen molar-refractivity contribution in [3.8, 4) is 16.9 Å². The second kappa shape index (κ2) is 9.48. The Morgan fingerprint density at radius 2 is 1.53 bits per heavy atom. The van der Waals surface area contributed by atoms with Gasteiger partial charge in [0.1, 0.15) is 5.75 Å². The van der Waals surface area contributed by atoms with Gasteiger partial charge in [0.15, 0.2) is 6.10 Å². The zero-order chi connectivity index (χ0) is 21.6. The molecule has 0 unspecified atom stereocenters. The molecule has 3 nitrogen and oxygen atoms in total. The molecular formula is C24H21F3O3. The molecule has 0 bridgehead atoms. The van der Waals surface area contributed by atoms with E-state index in [1.54, 1.807) is 37.3 Å². The summed E-state index contributed by atoms with van der Waals surface area (Å²) in [6.45, 7) is 1.94. The summed E-state index contributed by atoms with van der Waals surface area (Å²) < 4.78 is 50.8. The monoisotopic (exact) mass is 414 g/mol. The van der Waals surface area contributed by atoms with Gasteiger partial charge in [0.25, 0.3) is 0 Å². The molecule has 0 fully saturated rings. The zero-order valence-corrected chi connectivity index (χ0v) is 16.4. The predicted molar refractivity (Wildman–Crippen MR) is 108 cm³/mol. The minimum Gasteiger partial charge on any atom is -0.478 e. The second-order valence-corrected chi connectivity index (χ2v) is 6.62. The Bertz CT molecular complexity index is 967. The van der Waals surface area contributed by atoms with Crippen molar-refractivity contribution in [2.45, 2.75) is 25.6 Å². The molecule has 0 N–H and O–H groups in total. The number of ether oxygens (including phenoxy) is 2. The average molecular weight is 414 g/mol. The molecule has 3 aromatic rings. The molecule has 0 heterocycles. The number of benzene rings is 3. The fourth-order valence-electron chi connectivity index (χ4n) is 3.10. The minimum atomic E-state index is -4.45. The van der Waals surface area contributed by atoms with Crippen LogP contribution in [-0.2, 0) is 22.1 Å². The Morgan fingerprint density at radius 1 is 0.900 bits per heavy atom. The molecule has 0 saturated carbocycles. The van der Waals surface area contributed by atoms with E-state index in [0.717, 1.165) is 11.6 Å². The van der Waals surface area contributed by atoms with Gasteiger partial charge in [-0.2, -0.15) is 13.2 Å². The lowest BCUT2D eigenvalue weighted by Gasteiger charge is -2.18. The largest absolute Gasteiger partial charge is 0.478 e. The number of esters is 1. The number of rotatable bonds is 7. The van der Waals surface area contributed by atoms with Crippen molar-refractivity contribution in [3.63, 3.8) is 0 Å². The van der Waals surface area contributed by atoms with Gasteiger partial charge in [-0.05, 0) is 41.8 Å². The molecule has 3 aromatic carbocycles. The lowest BCUT2D eigenvalue weighted by molar-refractivity contribution is -0.151. The Kier molecular flexibility index (Phi) is 6.77. The quantitative estimate of drug-likeness (QED) is 0.450. The number of carbonyl (C=O) groups is 1. The van der Waals surface area contributed by atoms with E-state index in [0.29, 0.717) is 17.7 Å². The van der Waals surface area contributed by atoms with Gasteiger partial charge in [0.05, 0.1) is 12.2 Å². The van der Waals surface area contributed by atoms with E-state index in [-0.39, 0.29) is 12.2 Å². The van der Waals surface area contributed by atoms with Crippen LogP contribution in [0.1, 0.15) is 18.1 Å². The molecule has 0 aliphatic carbocycles.